The van der Waals surface area contributed by atoms with Crippen LogP contribution in [0, 0.1) is 5.92 Å². The summed E-state index contributed by atoms with van der Waals surface area (Å²) in [6, 6.07) is 0.402. The second-order valence-corrected chi connectivity index (χ2v) is 5.39. The molecule has 2 N–H and O–H groups in total. The van der Waals surface area contributed by atoms with Gasteiger partial charge in [0.25, 0.3) is 0 Å². The molecule has 0 aliphatic carbocycles. The quantitative estimate of drug-likeness (QED) is 0.417. The highest BCUT2D eigenvalue weighted by molar-refractivity contribution is 5.79. The van der Waals surface area contributed by atoms with Crippen molar-refractivity contribution in [3.63, 3.8) is 0 Å². The summed E-state index contributed by atoms with van der Waals surface area (Å²) in [5.41, 5.74) is 0. The van der Waals surface area contributed by atoms with E-state index in [-0.39, 0.29) is 0 Å². The maximum absolute atomic E-state index is 5.59. The van der Waals surface area contributed by atoms with Crippen molar-refractivity contribution < 1.29 is 9.47 Å². The van der Waals surface area contributed by atoms with E-state index in [9.17, 15) is 0 Å². The molecule has 1 rings (SSSR count). The van der Waals surface area contributed by atoms with Crippen LogP contribution in [-0.2, 0) is 9.47 Å². The van der Waals surface area contributed by atoms with Crippen LogP contribution in [0.2, 0.25) is 0 Å². The number of ether oxygens (including phenoxy) is 2. The van der Waals surface area contributed by atoms with Crippen molar-refractivity contribution in [2.24, 2.45) is 10.9 Å². The molecular formula is C14H29N3O2. The van der Waals surface area contributed by atoms with Crippen molar-refractivity contribution >= 4 is 5.96 Å². The van der Waals surface area contributed by atoms with Crippen molar-refractivity contribution in [2.45, 2.75) is 45.8 Å². The third-order valence-corrected chi connectivity index (χ3v) is 3.45. The van der Waals surface area contributed by atoms with Gasteiger partial charge in [0, 0.05) is 26.2 Å². The molecule has 5 heteroatoms. The van der Waals surface area contributed by atoms with E-state index in [4.69, 9.17) is 9.47 Å². The van der Waals surface area contributed by atoms with Gasteiger partial charge in [-0.2, -0.15) is 0 Å². The summed E-state index contributed by atoms with van der Waals surface area (Å²) in [7, 11) is 1.79. The average Bonchev–Trinajstić information content (AvgIpc) is 2.89. The van der Waals surface area contributed by atoms with Crippen LogP contribution in [0.5, 0.6) is 0 Å². The zero-order valence-corrected chi connectivity index (χ0v) is 12.7. The number of aliphatic imine (C=N–C) groups is 1. The van der Waals surface area contributed by atoms with Gasteiger partial charge in [0.15, 0.2) is 5.96 Å². The molecule has 1 heterocycles. The van der Waals surface area contributed by atoms with E-state index in [0.29, 0.717) is 31.3 Å². The second kappa shape index (κ2) is 9.15. The van der Waals surface area contributed by atoms with E-state index >= 15 is 0 Å². The highest BCUT2D eigenvalue weighted by Gasteiger charge is 2.15. The first kappa shape index (κ1) is 16.2. The molecule has 0 spiro atoms. The van der Waals surface area contributed by atoms with Crippen molar-refractivity contribution in [1.29, 1.82) is 0 Å². The van der Waals surface area contributed by atoms with Crippen LogP contribution in [0.4, 0.5) is 0 Å². The zero-order valence-electron chi connectivity index (χ0n) is 12.7. The first-order chi connectivity index (χ1) is 9.13. The minimum absolute atomic E-state index is 0.304. The number of nitrogens with one attached hydrogen (secondary N) is 2. The molecule has 5 nitrogen and oxygen atoms in total. The van der Waals surface area contributed by atoms with Crippen LogP contribution in [-0.4, -0.2) is 51.5 Å². The van der Waals surface area contributed by atoms with Gasteiger partial charge in [0.1, 0.15) is 0 Å². The van der Waals surface area contributed by atoms with Gasteiger partial charge in [0.05, 0.1) is 19.3 Å². The molecule has 0 bridgehead atoms. The Morgan fingerprint density at radius 3 is 2.79 bits per heavy atom. The summed E-state index contributed by atoms with van der Waals surface area (Å²) in [4.78, 5) is 4.20. The van der Waals surface area contributed by atoms with Gasteiger partial charge in [-0.05, 0) is 25.7 Å². The lowest BCUT2D eigenvalue weighted by molar-refractivity contribution is 0.0191. The first-order valence-corrected chi connectivity index (χ1v) is 7.30. The van der Waals surface area contributed by atoms with Crippen molar-refractivity contribution in [2.75, 3.05) is 33.4 Å². The number of hydrogen-bond donors (Lipinski definition) is 2. The monoisotopic (exact) mass is 271 g/mol. The third-order valence-electron chi connectivity index (χ3n) is 3.45. The van der Waals surface area contributed by atoms with Crippen LogP contribution >= 0.6 is 0 Å². The van der Waals surface area contributed by atoms with Gasteiger partial charge in [-0.25, -0.2) is 0 Å². The normalized spacial score (nSPS) is 21.7. The predicted molar refractivity (Wildman–Crippen MR) is 78.6 cm³/mol. The van der Waals surface area contributed by atoms with Gasteiger partial charge in [-0.1, -0.05) is 13.8 Å². The van der Waals surface area contributed by atoms with E-state index in [1.54, 1.807) is 7.05 Å². The van der Waals surface area contributed by atoms with Crippen LogP contribution in [0.25, 0.3) is 0 Å². The fourth-order valence-electron chi connectivity index (χ4n) is 1.81. The number of rotatable bonds is 7. The molecular weight excluding hydrogens is 242 g/mol. The Morgan fingerprint density at radius 1 is 1.42 bits per heavy atom. The predicted octanol–water partition coefficient (Wildman–Crippen LogP) is 1.39. The van der Waals surface area contributed by atoms with E-state index in [1.807, 2.05) is 0 Å². The molecule has 0 amide bonds. The Hall–Kier alpha value is -0.810. The largest absolute Gasteiger partial charge is 0.377 e. The molecule has 0 aromatic rings. The molecule has 2 unspecified atom stereocenters. The molecule has 0 aromatic carbocycles. The molecule has 1 fully saturated rings. The van der Waals surface area contributed by atoms with E-state index in [1.165, 1.54) is 0 Å². The molecule has 0 radical (unpaired) electrons. The Kier molecular flexibility index (Phi) is 7.82. The number of nitrogens with zero attached hydrogens (tertiary/aromatic N) is 1. The molecule has 2 atom stereocenters. The molecule has 19 heavy (non-hydrogen) atoms. The molecule has 1 aliphatic rings. The fourth-order valence-corrected chi connectivity index (χ4v) is 1.81. The van der Waals surface area contributed by atoms with E-state index in [2.05, 4.69) is 36.4 Å². The minimum Gasteiger partial charge on any atom is -0.377 e. The van der Waals surface area contributed by atoms with Crippen LogP contribution in [0.15, 0.2) is 4.99 Å². The minimum atomic E-state index is 0.304. The Bertz CT molecular complexity index is 263. The van der Waals surface area contributed by atoms with Crippen molar-refractivity contribution in [3.05, 3.63) is 0 Å². The summed E-state index contributed by atoms with van der Waals surface area (Å²) >= 11 is 0. The van der Waals surface area contributed by atoms with Crippen LogP contribution in [0.3, 0.4) is 0 Å². The highest BCUT2D eigenvalue weighted by Crippen LogP contribution is 2.11. The smallest absolute Gasteiger partial charge is 0.191 e. The van der Waals surface area contributed by atoms with Gasteiger partial charge in [0.2, 0.25) is 0 Å². The zero-order chi connectivity index (χ0) is 14.1. The van der Waals surface area contributed by atoms with Crippen LogP contribution < -0.4 is 10.6 Å². The Balaban J connectivity index is 2.05. The first-order valence-electron chi connectivity index (χ1n) is 7.30. The number of hydrogen-bond acceptors (Lipinski definition) is 3. The molecule has 112 valence electrons. The van der Waals surface area contributed by atoms with Gasteiger partial charge < -0.3 is 20.1 Å². The van der Waals surface area contributed by atoms with Crippen LogP contribution in [0.1, 0.15) is 33.6 Å². The maximum Gasteiger partial charge on any atom is 0.191 e. The summed E-state index contributed by atoms with van der Waals surface area (Å²) in [6.07, 6.45) is 2.59. The second-order valence-electron chi connectivity index (χ2n) is 5.39. The Morgan fingerprint density at radius 2 is 2.21 bits per heavy atom. The summed E-state index contributed by atoms with van der Waals surface area (Å²) in [5, 5.41) is 6.61. The van der Waals surface area contributed by atoms with Crippen molar-refractivity contribution in [3.8, 4) is 0 Å². The summed E-state index contributed by atoms with van der Waals surface area (Å²) in [6.45, 7) is 9.57. The molecule has 1 saturated heterocycles. The average molecular weight is 271 g/mol. The van der Waals surface area contributed by atoms with E-state index in [0.717, 1.165) is 32.0 Å². The Labute approximate surface area is 117 Å². The standard InChI is InChI=1S/C14H29N3O2/c1-11(2)12(3)17-14(15-4)16-7-9-18-10-13-6-5-8-19-13/h11-13H,5-10H2,1-4H3,(H2,15,16,17). The third kappa shape index (κ3) is 6.78. The lowest BCUT2D eigenvalue weighted by Gasteiger charge is -2.20. The highest BCUT2D eigenvalue weighted by atomic mass is 16.5. The molecule has 0 saturated carbocycles. The van der Waals surface area contributed by atoms with Gasteiger partial charge in [-0.3, -0.25) is 4.99 Å². The summed E-state index contributed by atoms with van der Waals surface area (Å²) in [5.74, 6) is 1.41. The van der Waals surface area contributed by atoms with E-state index < -0.39 is 0 Å². The summed E-state index contributed by atoms with van der Waals surface area (Å²) < 4.78 is 11.1. The maximum atomic E-state index is 5.59. The van der Waals surface area contributed by atoms with Crippen molar-refractivity contribution in [1.82, 2.24) is 10.6 Å². The SMILES string of the molecule is CN=C(NCCOCC1CCCO1)NC(C)C(C)C. The molecule has 0 aromatic heterocycles. The van der Waals surface area contributed by atoms with Gasteiger partial charge in [-0.15, -0.1) is 0 Å². The lowest BCUT2D eigenvalue weighted by atomic mass is 10.1. The topological polar surface area (TPSA) is 54.9 Å². The molecule has 1 aliphatic heterocycles. The lowest BCUT2D eigenvalue weighted by Crippen LogP contribution is -2.45. The number of guanidine groups is 1. The van der Waals surface area contributed by atoms with Gasteiger partial charge >= 0.3 is 0 Å². The fraction of sp³-hybridized carbons (Fsp3) is 0.929.